The van der Waals surface area contributed by atoms with Gasteiger partial charge in [0, 0.05) is 18.1 Å². The quantitative estimate of drug-likeness (QED) is 0.764. The van der Waals surface area contributed by atoms with Gasteiger partial charge in [-0.3, -0.25) is 4.79 Å². The van der Waals surface area contributed by atoms with Crippen molar-refractivity contribution in [2.75, 3.05) is 13.1 Å². The lowest BCUT2D eigenvalue weighted by Gasteiger charge is -2.25. The first-order valence-electron chi connectivity index (χ1n) is 5.85. The molecule has 16 heavy (non-hydrogen) atoms. The van der Waals surface area contributed by atoms with Crippen LogP contribution in [-0.4, -0.2) is 35.5 Å². The van der Waals surface area contributed by atoms with Crippen molar-refractivity contribution in [2.45, 2.75) is 51.6 Å². The van der Waals surface area contributed by atoms with Crippen molar-refractivity contribution in [3.63, 3.8) is 0 Å². The number of carbonyl (C=O) groups excluding carboxylic acids is 1. The van der Waals surface area contributed by atoms with Crippen molar-refractivity contribution >= 4 is 5.91 Å². The third-order valence-electron chi connectivity index (χ3n) is 2.54. The van der Waals surface area contributed by atoms with Crippen molar-refractivity contribution in [1.82, 2.24) is 10.2 Å². The van der Waals surface area contributed by atoms with E-state index < -0.39 is 0 Å². The SMILES string of the molecule is CC(C)(C)NCC(=O)N(CCC#N)C1CC1. The molecule has 1 rings (SSSR count). The normalized spacial score (nSPS) is 15.6. The Hall–Kier alpha value is -1.08. The molecular formula is C12H21N3O. The lowest BCUT2D eigenvalue weighted by Crippen LogP contribution is -2.45. The monoisotopic (exact) mass is 223 g/mol. The van der Waals surface area contributed by atoms with E-state index in [1.807, 2.05) is 25.7 Å². The molecule has 0 atom stereocenters. The summed E-state index contributed by atoms with van der Waals surface area (Å²) in [4.78, 5) is 13.8. The molecule has 1 N–H and O–H groups in total. The van der Waals surface area contributed by atoms with Crippen LogP contribution < -0.4 is 5.32 Å². The van der Waals surface area contributed by atoms with Gasteiger partial charge in [-0.15, -0.1) is 0 Å². The van der Waals surface area contributed by atoms with Crippen molar-refractivity contribution in [2.24, 2.45) is 0 Å². The van der Waals surface area contributed by atoms with E-state index >= 15 is 0 Å². The van der Waals surface area contributed by atoms with Crippen LogP contribution in [0.25, 0.3) is 0 Å². The van der Waals surface area contributed by atoms with Crippen molar-refractivity contribution in [3.8, 4) is 6.07 Å². The predicted molar refractivity (Wildman–Crippen MR) is 62.7 cm³/mol. The van der Waals surface area contributed by atoms with Crippen LogP contribution in [0, 0.1) is 11.3 Å². The zero-order valence-electron chi connectivity index (χ0n) is 10.4. The maximum Gasteiger partial charge on any atom is 0.236 e. The summed E-state index contributed by atoms with van der Waals surface area (Å²) in [5.41, 5.74) is -0.0416. The van der Waals surface area contributed by atoms with Crippen molar-refractivity contribution in [1.29, 1.82) is 5.26 Å². The van der Waals surface area contributed by atoms with Gasteiger partial charge in [-0.05, 0) is 33.6 Å². The third-order valence-corrected chi connectivity index (χ3v) is 2.54. The molecule has 1 amide bonds. The highest BCUT2D eigenvalue weighted by atomic mass is 16.2. The van der Waals surface area contributed by atoms with E-state index in [0.29, 0.717) is 25.6 Å². The molecule has 1 aliphatic rings. The number of amides is 1. The fraction of sp³-hybridized carbons (Fsp3) is 0.833. The van der Waals surface area contributed by atoms with Gasteiger partial charge >= 0.3 is 0 Å². The predicted octanol–water partition coefficient (Wildman–Crippen LogP) is 1.28. The minimum absolute atomic E-state index is 0.0416. The van der Waals surface area contributed by atoms with Crippen LogP contribution in [0.5, 0.6) is 0 Å². The van der Waals surface area contributed by atoms with Gasteiger partial charge in [-0.2, -0.15) is 5.26 Å². The Morgan fingerprint density at radius 2 is 2.12 bits per heavy atom. The van der Waals surface area contributed by atoms with Crippen LogP contribution in [0.4, 0.5) is 0 Å². The van der Waals surface area contributed by atoms with Crippen LogP contribution >= 0.6 is 0 Å². The molecule has 0 spiro atoms. The topological polar surface area (TPSA) is 56.1 Å². The van der Waals surface area contributed by atoms with Gasteiger partial charge in [-0.1, -0.05) is 0 Å². The Morgan fingerprint density at radius 3 is 2.56 bits per heavy atom. The molecule has 1 saturated carbocycles. The molecule has 0 aromatic carbocycles. The highest BCUT2D eigenvalue weighted by molar-refractivity contribution is 5.79. The standard InChI is InChI=1S/C12H21N3O/c1-12(2,3)14-9-11(16)15(8-4-7-13)10-5-6-10/h10,14H,4-6,8-9H2,1-3H3. The molecule has 4 heteroatoms. The Labute approximate surface area is 97.6 Å². The van der Waals surface area contributed by atoms with E-state index in [0.717, 1.165) is 12.8 Å². The van der Waals surface area contributed by atoms with E-state index in [1.54, 1.807) is 0 Å². The zero-order valence-corrected chi connectivity index (χ0v) is 10.4. The summed E-state index contributed by atoms with van der Waals surface area (Å²) in [6, 6.07) is 2.49. The second kappa shape index (κ2) is 5.31. The molecule has 0 heterocycles. The number of carbonyl (C=O) groups is 1. The summed E-state index contributed by atoms with van der Waals surface area (Å²) in [5.74, 6) is 0.118. The maximum atomic E-state index is 11.9. The highest BCUT2D eigenvalue weighted by Crippen LogP contribution is 2.26. The minimum atomic E-state index is -0.0416. The molecule has 0 aromatic rings. The van der Waals surface area contributed by atoms with Gasteiger partial charge in [0.05, 0.1) is 19.0 Å². The van der Waals surface area contributed by atoms with Gasteiger partial charge in [0.2, 0.25) is 5.91 Å². The summed E-state index contributed by atoms with van der Waals surface area (Å²) < 4.78 is 0. The summed E-state index contributed by atoms with van der Waals surface area (Å²) >= 11 is 0. The average Bonchev–Trinajstić information content (AvgIpc) is 2.98. The Kier molecular flexibility index (Phi) is 4.31. The largest absolute Gasteiger partial charge is 0.338 e. The Balaban J connectivity index is 2.39. The molecule has 0 saturated heterocycles. The molecule has 0 bridgehead atoms. The first kappa shape index (κ1) is 13.0. The molecule has 0 unspecified atom stereocenters. The van der Waals surface area contributed by atoms with Crippen LogP contribution in [0.3, 0.4) is 0 Å². The van der Waals surface area contributed by atoms with Crippen molar-refractivity contribution in [3.05, 3.63) is 0 Å². The molecule has 90 valence electrons. The van der Waals surface area contributed by atoms with Crippen LogP contribution in [0.2, 0.25) is 0 Å². The molecule has 1 aliphatic carbocycles. The van der Waals surface area contributed by atoms with Gasteiger partial charge in [0.1, 0.15) is 0 Å². The van der Waals surface area contributed by atoms with Gasteiger partial charge in [-0.25, -0.2) is 0 Å². The molecule has 1 fully saturated rings. The van der Waals surface area contributed by atoms with Crippen LogP contribution in [0.1, 0.15) is 40.0 Å². The van der Waals surface area contributed by atoms with E-state index in [-0.39, 0.29) is 11.4 Å². The van der Waals surface area contributed by atoms with Crippen LogP contribution in [-0.2, 0) is 4.79 Å². The van der Waals surface area contributed by atoms with Crippen molar-refractivity contribution < 1.29 is 4.79 Å². The van der Waals surface area contributed by atoms with E-state index in [1.165, 1.54) is 0 Å². The zero-order chi connectivity index (χ0) is 12.2. The van der Waals surface area contributed by atoms with Gasteiger partial charge in [0.25, 0.3) is 0 Å². The third kappa shape index (κ3) is 4.63. The smallest absolute Gasteiger partial charge is 0.236 e. The molecule has 0 aliphatic heterocycles. The van der Waals surface area contributed by atoms with E-state index in [2.05, 4.69) is 11.4 Å². The Bertz CT molecular complexity index is 284. The summed E-state index contributed by atoms with van der Waals surface area (Å²) in [6.45, 7) is 7.06. The molecule has 4 nitrogen and oxygen atoms in total. The minimum Gasteiger partial charge on any atom is -0.338 e. The molecule has 0 aromatic heterocycles. The van der Waals surface area contributed by atoms with Crippen LogP contribution in [0.15, 0.2) is 0 Å². The highest BCUT2D eigenvalue weighted by Gasteiger charge is 2.32. The first-order chi connectivity index (χ1) is 7.44. The lowest BCUT2D eigenvalue weighted by atomic mass is 10.1. The summed E-state index contributed by atoms with van der Waals surface area (Å²) in [7, 11) is 0. The number of nitriles is 1. The number of hydrogen-bond donors (Lipinski definition) is 1. The second-order valence-corrected chi connectivity index (χ2v) is 5.33. The van der Waals surface area contributed by atoms with Gasteiger partial charge in [0.15, 0.2) is 0 Å². The second-order valence-electron chi connectivity index (χ2n) is 5.33. The lowest BCUT2D eigenvalue weighted by molar-refractivity contribution is -0.131. The number of rotatable bonds is 5. The summed E-state index contributed by atoms with van der Waals surface area (Å²) in [5, 5.41) is 11.7. The first-order valence-corrected chi connectivity index (χ1v) is 5.85. The van der Waals surface area contributed by atoms with Gasteiger partial charge < -0.3 is 10.2 Å². The maximum absolute atomic E-state index is 11.9. The Morgan fingerprint density at radius 1 is 1.50 bits per heavy atom. The molecular weight excluding hydrogens is 202 g/mol. The van der Waals surface area contributed by atoms with E-state index in [9.17, 15) is 4.79 Å². The van der Waals surface area contributed by atoms with E-state index in [4.69, 9.17) is 5.26 Å². The average molecular weight is 223 g/mol. The molecule has 0 radical (unpaired) electrons. The number of nitrogens with zero attached hydrogens (tertiary/aromatic N) is 2. The summed E-state index contributed by atoms with van der Waals surface area (Å²) in [6.07, 6.45) is 2.61. The fourth-order valence-electron chi connectivity index (χ4n) is 1.51. The number of hydrogen-bond acceptors (Lipinski definition) is 3. The number of nitrogens with one attached hydrogen (secondary N) is 1. The fourth-order valence-corrected chi connectivity index (χ4v) is 1.51.